The zero-order valence-corrected chi connectivity index (χ0v) is 8.62. The molecule has 0 aliphatic rings. The lowest BCUT2D eigenvalue weighted by molar-refractivity contribution is 0.259. The lowest BCUT2D eigenvalue weighted by Gasteiger charge is -2.10. The Kier molecular flexibility index (Phi) is 3.86. The van der Waals surface area contributed by atoms with Crippen LogP contribution in [-0.4, -0.2) is 10.2 Å². The van der Waals surface area contributed by atoms with Crippen LogP contribution in [0.1, 0.15) is 29.2 Å². The lowest BCUT2D eigenvalue weighted by Crippen LogP contribution is -1.98. The number of aliphatic hydroxyl groups excluding tert-OH is 2. The molecule has 0 radical (unpaired) electrons. The molecule has 0 aliphatic heterocycles. The van der Waals surface area contributed by atoms with E-state index in [1.165, 1.54) is 0 Å². The summed E-state index contributed by atoms with van der Waals surface area (Å²) in [5.74, 6) is 0. The zero-order valence-electron chi connectivity index (χ0n) is 8.62. The first-order chi connectivity index (χ1) is 6.72. The van der Waals surface area contributed by atoms with Gasteiger partial charge in [0.05, 0.1) is 13.2 Å². The molecule has 1 aromatic rings. The SMILES string of the molecule is C/C=C/c1cc(C)cc(CO)c1CO. The Morgan fingerprint density at radius 3 is 2.43 bits per heavy atom. The minimum absolute atomic E-state index is 0.0257. The van der Waals surface area contributed by atoms with E-state index in [1.807, 2.05) is 38.1 Å². The van der Waals surface area contributed by atoms with Gasteiger partial charge in [-0.15, -0.1) is 0 Å². The minimum atomic E-state index is -0.0319. The Labute approximate surface area is 84.5 Å². The molecule has 76 valence electrons. The smallest absolute Gasteiger partial charge is 0.0691 e. The van der Waals surface area contributed by atoms with Gasteiger partial charge >= 0.3 is 0 Å². The van der Waals surface area contributed by atoms with E-state index in [0.29, 0.717) is 0 Å². The fraction of sp³-hybridized carbons (Fsp3) is 0.333. The summed E-state index contributed by atoms with van der Waals surface area (Å²) >= 11 is 0. The average molecular weight is 192 g/mol. The van der Waals surface area contributed by atoms with Crippen LogP contribution in [0, 0.1) is 6.92 Å². The van der Waals surface area contributed by atoms with Gasteiger partial charge in [0.1, 0.15) is 0 Å². The largest absolute Gasteiger partial charge is 0.392 e. The summed E-state index contributed by atoms with van der Waals surface area (Å²) in [7, 11) is 0. The van der Waals surface area contributed by atoms with Crippen LogP contribution >= 0.6 is 0 Å². The van der Waals surface area contributed by atoms with Gasteiger partial charge < -0.3 is 10.2 Å². The standard InChI is InChI=1S/C12H16O2/c1-3-4-10-5-9(2)6-11(7-13)12(10)8-14/h3-6,13-14H,7-8H2,1-2H3/b4-3+. The summed E-state index contributed by atoms with van der Waals surface area (Å²) in [5.41, 5.74) is 3.70. The molecule has 0 saturated carbocycles. The molecule has 0 heterocycles. The molecule has 2 N–H and O–H groups in total. The second-order valence-corrected chi connectivity index (χ2v) is 3.31. The van der Waals surface area contributed by atoms with Crippen molar-refractivity contribution in [3.63, 3.8) is 0 Å². The third-order valence-corrected chi connectivity index (χ3v) is 2.20. The van der Waals surface area contributed by atoms with Crippen molar-refractivity contribution in [2.75, 3.05) is 0 Å². The topological polar surface area (TPSA) is 40.5 Å². The van der Waals surface area contributed by atoms with Gasteiger partial charge in [0.2, 0.25) is 0 Å². The first-order valence-corrected chi connectivity index (χ1v) is 4.69. The highest BCUT2D eigenvalue weighted by Gasteiger charge is 2.05. The second kappa shape index (κ2) is 4.94. The van der Waals surface area contributed by atoms with E-state index >= 15 is 0 Å². The first-order valence-electron chi connectivity index (χ1n) is 4.69. The number of aryl methyl sites for hydroxylation is 1. The van der Waals surface area contributed by atoms with E-state index in [4.69, 9.17) is 5.11 Å². The van der Waals surface area contributed by atoms with Crippen molar-refractivity contribution < 1.29 is 10.2 Å². The number of rotatable bonds is 3. The minimum Gasteiger partial charge on any atom is -0.392 e. The summed E-state index contributed by atoms with van der Waals surface area (Å²) in [4.78, 5) is 0. The number of allylic oxidation sites excluding steroid dienone is 1. The first kappa shape index (κ1) is 11.0. The van der Waals surface area contributed by atoms with Gasteiger partial charge in [0.25, 0.3) is 0 Å². The van der Waals surface area contributed by atoms with Crippen LogP contribution in [0.3, 0.4) is 0 Å². The highest BCUT2D eigenvalue weighted by atomic mass is 16.3. The maximum atomic E-state index is 9.20. The van der Waals surface area contributed by atoms with Gasteiger partial charge in [-0.25, -0.2) is 0 Å². The Hall–Kier alpha value is -1.12. The average Bonchev–Trinajstić information content (AvgIpc) is 2.17. The Morgan fingerprint density at radius 2 is 1.93 bits per heavy atom. The van der Waals surface area contributed by atoms with E-state index < -0.39 is 0 Å². The normalized spacial score (nSPS) is 11.1. The zero-order chi connectivity index (χ0) is 10.6. The number of benzene rings is 1. The van der Waals surface area contributed by atoms with Crippen molar-refractivity contribution in [2.45, 2.75) is 27.1 Å². The van der Waals surface area contributed by atoms with E-state index in [-0.39, 0.29) is 13.2 Å². The van der Waals surface area contributed by atoms with E-state index in [9.17, 15) is 5.11 Å². The molecule has 0 amide bonds. The van der Waals surface area contributed by atoms with Gasteiger partial charge in [-0.2, -0.15) is 0 Å². The van der Waals surface area contributed by atoms with Crippen LogP contribution in [0.15, 0.2) is 18.2 Å². The van der Waals surface area contributed by atoms with Crippen LogP contribution in [0.4, 0.5) is 0 Å². The molecule has 0 unspecified atom stereocenters. The summed E-state index contributed by atoms with van der Waals surface area (Å²) in [6.45, 7) is 3.85. The molecule has 0 spiro atoms. The maximum absolute atomic E-state index is 9.20. The van der Waals surface area contributed by atoms with Crippen LogP contribution in [0.2, 0.25) is 0 Å². The highest BCUT2D eigenvalue weighted by molar-refractivity contribution is 5.57. The summed E-state index contributed by atoms with van der Waals surface area (Å²) in [6.07, 6.45) is 3.87. The fourth-order valence-electron chi connectivity index (χ4n) is 1.58. The molecule has 0 fully saturated rings. The van der Waals surface area contributed by atoms with Crippen LogP contribution in [0.5, 0.6) is 0 Å². The molecular weight excluding hydrogens is 176 g/mol. The summed E-state index contributed by atoms with van der Waals surface area (Å²) < 4.78 is 0. The van der Waals surface area contributed by atoms with Crippen molar-refractivity contribution in [2.24, 2.45) is 0 Å². The van der Waals surface area contributed by atoms with E-state index in [1.54, 1.807) is 0 Å². The molecule has 2 nitrogen and oxygen atoms in total. The van der Waals surface area contributed by atoms with Gasteiger partial charge in [0, 0.05) is 0 Å². The number of hydrogen-bond donors (Lipinski definition) is 2. The number of aliphatic hydroxyl groups is 2. The Balaban J connectivity index is 3.31. The van der Waals surface area contributed by atoms with Crippen molar-refractivity contribution >= 4 is 6.08 Å². The fourth-order valence-corrected chi connectivity index (χ4v) is 1.58. The molecule has 14 heavy (non-hydrogen) atoms. The van der Waals surface area contributed by atoms with Crippen molar-refractivity contribution in [3.8, 4) is 0 Å². The molecule has 0 bridgehead atoms. The predicted octanol–water partition coefficient (Wildman–Crippen LogP) is 2.01. The second-order valence-electron chi connectivity index (χ2n) is 3.31. The summed E-state index contributed by atoms with van der Waals surface area (Å²) in [5, 5.41) is 18.3. The molecule has 2 heteroatoms. The van der Waals surface area contributed by atoms with Gasteiger partial charge in [-0.1, -0.05) is 29.8 Å². The third-order valence-electron chi connectivity index (χ3n) is 2.20. The maximum Gasteiger partial charge on any atom is 0.0691 e. The van der Waals surface area contributed by atoms with E-state index in [0.717, 1.165) is 22.3 Å². The van der Waals surface area contributed by atoms with E-state index in [2.05, 4.69) is 0 Å². The molecule has 0 saturated heterocycles. The van der Waals surface area contributed by atoms with Gasteiger partial charge in [0.15, 0.2) is 0 Å². The molecule has 0 atom stereocenters. The van der Waals surface area contributed by atoms with Gasteiger partial charge in [-0.05, 0) is 30.5 Å². The van der Waals surface area contributed by atoms with Crippen molar-refractivity contribution in [1.29, 1.82) is 0 Å². The lowest BCUT2D eigenvalue weighted by atomic mass is 9.98. The molecule has 0 aromatic heterocycles. The van der Waals surface area contributed by atoms with Crippen LogP contribution < -0.4 is 0 Å². The molecule has 1 rings (SSSR count). The monoisotopic (exact) mass is 192 g/mol. The van der Waals surface area contributed by atoms with Gasteiger partial charge in [-0.3, -0.25) is 0 Å². The molecule has 0 aliphatic carbocycles. The third kappa shape index (κ3) is 2.22. The predicted molar refractivity (Wildman–Crippen MR) is 57.7 cm³/mol. The van der Waals surface area contributed by atoms with Crippen LogP contribution in [-0.2, 0) is 13.2 Å². The highest BCUT2D eigenvalue weighted by Crippen LogP contribution is 2.19. The Bertz CT molecular complexity index is 340. The molecular formula is C12H16O2. The quantitative estimate of drug-likeness (QED) is 0.769. The van der Waals surface area contributed by atoms with Crippen LogP contribution in [0.25, 0.3) is 6.08 Å². The van der Waals surface area contributed by atoms with Crippen molar-refractivity contribution in [1.82, 2.24) is 0 Å². The van der Waals surface area contributed by atoms with Crippen molar-refractivity contribution in [3.05, 3.63) is 40.5 Å². The number of hydrogen-bond acceptors (Lipinski definition) is 2. The molecule has 1 aromatic carbocycles. The summed E-state index contributed by atoms with van der Waals surface area (Å²) in [6, 6.07) is 3.91. The Morgan fingerprint density at radius 1 is 1.21 bits per heavy atom.